The van der Waals surface area contributed by atoms with Gasteiger partial charge in [0.15, 0.2) is 5.75 Å². The summed E-state index contributed by atoms with van der Waals surface area (Å²) in [7, 11) is 4.63. The van der Waals surface area contributed by atoms with Crippen molar-refractivity contribution in [2.75, 3.05) is 14.2 Å². The second-order valence-electron chi connectivity index (χ2n) is 5.29. The Labute approximate surface area is 115 Å². The van der Waals surface area contributed by atoms with Gasteiger partial charge in [-0.1, -0.05) is 0 Å². The number of aromatic nitrogens is 1. The average molecular weight is 266 g/mol. The van der Waals surface area contributed by atoms with Crippen molar-refractivity contribution in [3.63, 3.8) is 0 Å². The first-order valence-corrected chi connectivity index (χ1v) is 6.02. The van der Waals surface area contributed by atoms with Crippen molar-refractivity contribution in [1.29, 1.82) is 0 Å². The molecule has 0 bridgehead atoms. The van der Waals surface area contributed by atoms with Crippen LogP contribution in [0.4, 0.5) is 0 Å². The lowest BCUT2D eigenvalue weighted by molar-refractivity contribution is -0.0893. The van der Waals surface area contributed by atoms with Crippen LogP contribution < -0.4 is 14.9 Å². The number of nitrogens with zero attached hydrogens (tertiary/aromatic N) is 1. The Kier molecular flexibility index (Phi) is 4.82. The average Bonchev–Trinajstić information content (AvgIpc) is 2.34. The van der Waals surface area contributed by atoms with Crippen molar-refractivity contribution in [3.05, 3.63) is 12.3 Å². The Balaban J connectivity index is 2.79. The smallest absolute Gasteiger partial charge is 0.332 e. The monoisotopic (exact) mass is 266 g/mol. The van der Waals surface area contributed by atoms with Crippen molar-refractivity contribution >= 4 is 12.9 Å². The van der Waals surface area contributed by atoms with Crippen LogP contribution in [-0.4, -0.2) is 43.0 Å². The van der Waals surface area contributed by atoms with Crippen LogP contribution in [0.2, 0.25) is 0 Å². The van der Waals surface area contributed by atoms with Gasteiger partial charge in [-0.25, -0.2) is 4.98 Å². The van der Waals surface area contributed by atoms with Crippen LogP contribution in [0, 0.1) is 0 Å². The quantitative estimate of drug-likeness (QED) is 0.775. The zero-order valence-corrected chi connectivity index (χ0v) is 12.4. The molecule has 0 aliphatic rings. The minimum atomic E-state index is -0.965. The molecule has 1 radical (unpaired) electrons. The molecule has 1 rings (SSSR count). The number of rotatable bonds is 6. The van der Waals surface area contributed by atoms with Gasteiger partial charge in [0, 0.05) is 6.20 Å². The van der Waals surface area contributed by atoms with Crippen molar-refractivity contribution in [3.8, 4) is 11.6 Å². The van der Waals surface area contributed by atoms with Gasteiger partial charge < -0.3 is 19.2 Å². The normalized spacial score (nSPS) is 12.2. The van der Waals surface area contributed by atoms with E-state index >= 15 is 0 Å². The summed E-state index contributed by atoms with van der Waals surface area (Å²) in [6.07, 6.45) is 1.61. The van der Waals surface area contributed by atoms with Crippen LogP contribution in [0.3, 0.4) is 0 Å². The highest BCUT2D eigenvalue weighted by Gasteiger charge is 2.35. The van der Waals surface area contributed by atoms with E-state index in [-0.39, 0.29) is 0 Å². The predicted octanol–water partition coefficient (Wildman–Crippen LogP) is 0.909. The topological polar surface area (TPSA) is 60.8 Å². The molecule has 105 valence electrons. The van der Waals surface area contributed by atoms with E-state index in [0.717, 1.165) is 5.46 Å². The van der Waals surface area contributed by atoms with E-state index in [2.05, 4.69) is 4.98 Å². The molecule has 0 spiro atoms. The van der Waals surface area contributed by atoms with Gasteiger partial charge in [-0.05, 0) is 39.2 Å². The van der Waals surface area contributed by atoms with E-state index in [4.69, 9.17) is 14.1 Å². The maximum Gasteiger partial charge on any atom is 0.332 e. The summed E-state index contributed by atoms with van der Waals surface area (Å²) >= 11 is 0. The number of hydrogen-bond donors (Lipinski definition) is 1. The molecule has 1 aromatic rings. The lowest BCUT2D eigenvalue weighted by Crippen LogP contribution is -2.49. The maximum atomic E-state index is 10.0. The van der Waals surface area contributed by atoms with Gasteiger partial charge in [-0.3, -0.25) is 0 Å². The zero-order valence-electron chi connectivity index (χ0n) is 12.4. The lowest BCUT2D eigenvalue weighted by Gasteiger charge is -2.37. The number of hydrogen-bond acceptors (Lipinski definition) is 5. The molecule has 19 heavy (non-hydrogen) atoms. The highest BCUT2D eigenvalue weighted by atomic mass is 16.5. The molecule has 0 aliphatic heterocycles. The number of methoxy groups -OCH3 is 2. The van der Waals surface area contributed by atoms with Gasteiger partial charge in [0.05, 0.1) is 25.4 Å². The molecule has 0 unspecified atom stereocenters. The third-order valence-electron chi connectivity index (χ3n) is 3.22. The Hall–Kier alpha value is -1.27. The Morgan fingerprint density at radius 2 is 1.79 bits per heavy atom. The number of ether oxygens (including phenoxy) is 2. The molecular formula is C13H21BNO4. The van der Waals surface area contributed by atoms with Gasteiger partial charge in [0.2, 0.25) is 0 Å². The van der Waals surface area contributed by atoms with Crippen molar-refractivity contribution in [1.82, 2.24) is 4.98 Å². The number of pyridine rings is 1. The maximum absolute atomic E-state index is 10.0. The summed E-state index contributed by atoms with van der Waals surface area (Å²) in [5, 5.41) is 10.0. The minimum absolute atomic E-state index is 0.418. The molecule has 0 amide bonds. The van der Waals surface area contributed by atoms with E-state index < -0.39 is 11.2 Å². The Bertz CT molecular complexity index is 429. The summed E-state index contributed by atoms with van der Waals surface area (Å²) in [6.45, 7) is 7.04. The molecule has 0 aromatic carbocycles. The molecule has 0 saturated carbocycles. The first kappa shape index (κ1) is 15.8. The fourth-order valence-corrected chi connectivity index (χ4v) is 1.17. The molecule has 1 heterocycles. The summed E-state index contributed by atoms with van der Waals surface area (Å²) in [5.41, 5.74) is -0.955. The molecule has 0 fully saturated rings. The molecule has 0 atom stereocenters. The van der Waals surface area contributed by atoms with E-state index in [9.17, 15) is 5.11 Å². The summed E-state index contributed by atoms with van der Waals surface area (Å²) < 4.78 is 15.9. The first-order valence-electron chi connectivity index (χ1n) is 6.02. The largest absolute Gasteiger partial charge is 0.491 e. The van der Waals surface area contributed by atoms with E-state index in [0.29, 0.717) is 11.6 Å². The van der Waals surface area contributed by atoms with Crippen LogP contribution in [-0.2, 0) is 4.65 Å². The molecule has 0 saturated heterocycles. The van der Waals surface area contributed by atoms with Gasteiger partial charge >= 0.3 is 7.48 Å². The van der Waals surface area contributed by atoms with Crippen molar-refractivity contribution in [2.45, 2.75) is 38.9 Å². The SMILES string of the molecule is COc1cc([B]OC(C)(C)C(C)(C)O)cnc1OC. The highest BCUT2D eigenvalue weighted by molar-refractivity contribution is 6.47. The van der Waals surface area contributed by atoms with E-state index in [1.165, 1.54) is 7.11 Å². The van der Waals surface area contributed by atoms with E-state index in [1.807, 2.05) is 13.8 Å². The van der Waals surface area contributed by atoms with Gasteiger partial charge in [-0.15, -0.1) is 0 Å². The summed E-state index contributed by atoms with van der Waals surface area (Å²) in [6, 6.07) is 1.76. The van der Waals surface area contributed by atoms with Crippen LogP contribution in [0.1, 0.15) is 27.7 Å². The van der Waals surface area contributed by atoms with E-state index in [1.54, 1.807) is 40.7 Å². The molecule has 6 heteroatoms. The first-order chi connectivity index (χ1) is 8.71. The third kappa shape index (κ3) is 3.85. The molecule has 5 nitrogen and oxygen atoms in total. The van der Waals surface area contributed by atoms with Gasteiger partial charge in [-0.2, -0.15) is 0 Å². The van der Waals surface area contributed by atoms with Crippen LogP contribution >= 0.6 is 0 Å². The van der Waals surface area contributed by atoms with Crippen LogP contribution in [0.25, 0.3) is 0 Å². The zero-order chi connectivity index (χ0) is 14.7. The van der Waals surface area contributed by atoms with Crippen LogP contribution in [0.5, 0.6) is 11.6 Å². The fourth-order valence-electron chi connectivity index (χ4n) is 1.17. The Morgan fingerprint density at radius 1 is 1.16 bits per heavy atom. The summed E-state index contributed by atoms with van der Waals surface area (Å²) in [5.74, 6) is 0.947. The highest BCUT2D eigenvalue weighted by Crippen LogP contribution is 2.25. The minimum Gasteiger partial charge on any atom is -0.491 e. The second kappa shape index (κ2) is 5.80. The molecular weight excluding hydrogens is 245 g/mol. The van der Waals surface area contributed by atoms with Crippen molar-refractivity contribution < 1.29 is 19.2 Å². The molecule has 0 aliphatic carbocycles. The summed E-state index contributed by atoms with van der Waals surface area (Å²) in [4.78, 5) is 4.11. The molecule has 1 aromatic heterocycles. The van der Waals surface area contributed by atoms with Gasteiger partial charge in [0.25, 0.3) is 5.88 Å². The van der Waals surface area contributed by atoms with Gasteiger partial charge in [0.1, 0.15) is 0 Å². The third-order valence-corrected chi connectivity index (χ3v) is 3.22. The molecule has 1 N–H and O–H groups in total. The standard InChI is InChI=1S/C13H21BNO4/c1-12(2,16)13(3,4)19-14-9-7-10(17-5)11(18-6)15-8-9/h7-8,16H,1-6H3. The predicted molar refractivity (Wildman–Crippen MR) is 74.2 cm³/mol. The lowest BCUT2D eigenvalue weighted by atomic mass is 9.83. The Morgan fingerprint density at radius 3 is 2.26 bits per heavy atom. The van der Waals surface area contributed by atoms with Crippen LogP contribution in [0.15, 0.2) is 12.3 Å². The van der Waals surface area contributed by atoms with Crippen molar-refractivity contribution in [2.24, 2.45) is 0 Å². The second-order valence-corrected chi connectivity index (χ2v) is 5.29. The number of aliphatic hydroxyl groups is 1. The fraction of sp³-hybridized carbons (Fsp3) is 0.615.